The fourth-order valence-electron chi connectivity index (χ4n) is 1.34. The van der Waals surface area contributed by atoms with E-state index in [2.05, 4.69) is 0 Å². The molecule has 0 aromatic heterocycles. The first-order valence-corrected chi connectivity index (χ1v) is 7.12. The van der Waals surface area contributed by atoms with Crippen LogP contribution in [0.1, 0.15) is 0 Å². The van der Waals surface area contributed by atoms with Gasteiger partial charge in [-0.25, -0.2) is 0 Å². The predicted molar refractivity (Wildman–Crippen MR) is 55.8 cm³/mol. The van der Waals surface area contributed by atoms with Crippen LogP contribution in [0.5, 0.6) is 0 Å². The SMILES string of the molecule is FC(F)(F)C(F)(F)[P-](F)(F)(F)(C(F)(F)C(F)(F)F)C(F)(F)C(F)(F)F.[PH4+]. The van der Waals surface area contributed by atoms with E-state index in [0.717, 1.165) is 0 Å². The molecule has 0 aliphatic carbocycles. The summed E-state index contributed by atoms with van der Waals surface area (Å²) in [6.45, 7) is -15.0. The fourth-order valence-corrected chi connectivity index (χ4v) is 4.02. The molecule has 0 aliphatic rings. The number of hydrogen-bond donors (Lipinski definition) is 0. The fraction of sp³-hybridized carbons (Fsp3) is 1.00. The van der Waals surface area contributed by atoms with Crippen molar-refractivity contribution in [2.24, 2.45) is 0 Å². The third kappa shape index (κ3) is 2.35. The molecule has 0 spiro atoms. The van der Waals surface area contributed by atoms with E-state index in [4.69, 9.17) is 0 Å². The van der Waals surface area contributed by atoms with Crippen molar-refractivity contribution in [3.05, 3.63) is 0 Å². The van der Waals surface area contributed by atoms with Gasteiger partial charge in [-0.1, -0.05) is 0 Å². The summed E-state index contributed by atoms with van der Waals surface area (Å²) in [5, 5.41) is 0. The van der Waals surface area contributed by atoms with Gasteiger partial charge in [-0.3, -0.25) is 0 Å². The molecule has 0 saturated carbocycles. The van der Waals surface area contributed by atoms with Gasteiger partial charge in [-0.15, -0.1) is 0 Å². The Hall–Kier alpha value is -0.400. The van der Waals surface area contributed by atoms with Crippen molar-refractivity contribution in [2.45, 2.75) is 35.5 Å². The van der Waals surface area contributed by atoms with Gasteiger partial charge < -0.3 is 0 Å². The molecule has 0 nitrogen and oxygen atoms in total. The van der Waals surface area contributed by atoms with Crippen LogP contribution < -0.4 is 0 Å². The standard InChI is InChI=1S/C6F18P.H3P/c7-1(8,9)4(16,17)25(22,23,24,5(18,19)2(10,11)12)6(20,21)3(13,14)15;/h;1H3/q-1;/p+1. The summed E-state index contributed by atoms with van der Waals surface area (Å²) < 4.78 is 222. The van der Waals surface area contributed by atoms with Gasteiger partial charge in [0.15, 0.2) is 0 Å². The molecule has 1 unspecified atom stereocenters. The minimum Gasteiger partial charge on any atom is -0.0395 e. The molecule has 0 heterocycles. The smallest absolute Gasteiger partial charge is 0.0395 e. The Labute approximate surface area is 132 Å². The third-order valence-corrected chi connectivity index (χ3v) is 7.18. The molecule has 26 heavy (non-hydrogen) atoms. The molecule has 0 aliphatic heterocycles. The second kappa shape index (κ2) is 5.35. The first-order chi connectivity index (χ1) is 10.1. The molecule has 0 saturated heterocycles. The van der Waals surface area contributed by atoms with Crippen molar-refractivity contribution in [1.29, 1.82) is 0 Å². The Morgan fingerprint density at radius 1 is 0.346 bits per heavy atom. The van der Waals surface area contributed by atoms with Crippen molar-refractivity contribution in [3.8, 4) is 0 Å². The van der Waals surface area contributed by atoms with Crippen molar-refractivity contribution in [1.82, 2.24) is 0 Å². The number of hydrogen-bond acceptors (Lipinski definition) is 0. The van der Waals surface area contributed by atoms with Gasteiger partial charge in [0.25, 0.3) is 0 Å². The van der Waals surface area contributed by atoms with E-state index < -0.39 is 42.4 Å². The normalized spacial score (nSPS) is 18.7. The summed E-state index contributed by atoms with van der Waals surface area (Å²) in [6.07, 6.45) is -26.1. The summed E-state index contributed by atoms with van der Waals surface area (Å²) in [6, 6.07) is 0. The van der Waals surface area contributed by atoms with E-state index in [9.17, 15) is 78.4 Å². The minimum absolute atomic E-state index is 0. The summed E-state index contributed by atoms with van der Waals surface area (Å²) in [5.74, 6) is 0. The molecule has 0 bridgehead atoms. The second-order valence-electron chi connectivity index (χ2n) is 4.40. The minimum atomic E-state index is -15.0. The zero-order chi connectivity index (χ0) is 21.4. The van der Waals surface area contributed by atoms with Gasteiger partial charge in [0, 0.05) is 0 Å². The summed E-state index contributed by atoms with van der Waals surface area (Å²) in [4.78, 5) is 0. The molecule has 0 fully saturated rings. The van der Waals surface area contributed by atoms with Crippen LogP contribution in [-0.4, -0.2) is 35.5 Å². The Bertz CT molecular complexity index is 473. The maximum atomic E-state index is 13.4. The average Bonchev–Trinajstić information content (AvgIpc) is 2.23. The second-order valence-corrected chi connectivity index (χ2v) is 8.67. The van der Waals surface area contributed by atoms with Crippen molar-refractivity contribution in [3.63, 3.8) is 0 Å². The molecular formula is C6H4F18P2. The average molecular weight is 480 g/mol. The van der Waals surface area contributed by atoms with Crippen molar-refractivity contribution >= 4 is 16.8 Å². The van der Waals surface area contributed by atoms with Crippen LogP contribution in [-0.2, 0) is 0 Å². The van der Waals surface area contributed by atoms with E-state index in [-0.39, 0.29) is 9.90 Å². The van der Waals surface area contributed by atoms with Crippen molar-refractivity contribution < 1.29 is 78.4 Å². The quantitative estimate of drug-likeness (QED) is 0.302. The molecule has 0 amide bonds. The van der Waals surface area contributed by atoms with Crippen LogP contribution in [0.2, 0.25) is 0 Å². The molecule has 20 heteroatoms. The van der Waals surface area contributed by atoms with E-state index in [0.29, 0.717) is 0 Å². The molecule has 164 valence electrons. The molecule has 0 aromatic rings. The number of rotatable bonds is 3. The van der Waals surface area contributed by atoms with Crippen molar-refractivity contribution in [2.75, 3.05) is 0 Å². The Balaban J connectivity index is 0. The maximum Gasteiger partial charge on any atom is -0.0395 e. The number of alkyl halides is 15. The first-order valence-electron chi connectivity index (χ1n) is 4.76. The van der Waals surface area contributed by atoms with Crippen LogP contribution in [0.4, 0.5) is 78.4 Å². The molecule has 0 radical (unpaired) electrons. The Kier molecular flexibility index (Phi) is 5.72. The molecule has 1 atom stereocenters. The Morgan fingerprint density at radius 3 is 0.538 bits per heavy atom. The maximum absolute atomic E-state index is 15.0. The van der Waals surface area contributed by atoms with E-state index in [1.54, 1.807) is 0 Å². The van der Waals surface area contributed by atoms with Crippen LogP contribution in [0.15, 0.2) is 0 Å². The van der Waals surface area contributed by atoms with E-state index in [1.807, 2.05) is 0 Å². The third-order valence-electron chi connectivity index (χ3n) is 2.82. The van der Waals surface area contributed by atoms with Crippen LogP contribution in [0.3, 0.4) is 0 Å². The predicted octanol–water partition coefficient (Wildman–Crippen LogP) is 6.98. The monoisotopic (exact) mass is 480 g/mol. The summed E-state index contributed by atoms with van der Waals surface area (Å²) in [5.41, 5.74) is -29.3. The van der Waals surface area contributed by atoms with E-state index in [1.165, 1.54) is 0 Å². The van der Waals surface area contributed by atoms with Gasteiger partial charge in [0.1, 0.15) is 0 Å². The largest absolute Gasteiger partial charge is 0.0395 e. The Morgan fingerprint density at radius 2 is 0.462 bits per heavy atom. The summed E-state index contributed by atoms with van der Waals surface area (Å²) >= 11 is 0. The topological polar surface area (TPSA) is 0 Å². The zero-order valence-electron chi connectivity index (χ0n) is 11.3. The van der Waals surface area contributed by atoms with Crippen LogP contribution in [0, 0.1) is 0 Å². The van der Waals surface area contributed by atoms with Gasteiger partial charge >= 0.3 is 121 Å². The first kappa shape index (κ1) is 27.8. The molecule has 0 rings (SSSR count). The van der Waals surface area contributed by atoms with Gasteiger partial charge in [-0.05, 0) is 9.90 Å². The zero-order valence-corrected chi connectivity index (χ0v) is 14.1. The van der Waals surface area contributed by atoms with Crippen LogP contribution >= 0.6 is 16.8 Å². The number of halogens is 18. The molecule has 0 aromatic carbocycles. The summed E-state index contributed by atoms with van der Waals surface area (Å²) in [7, 11) is 0. The van der Waals surface area contributed by atoms with Gasteiger partial charge in [0.2, 0.25) is 0 Å². The van der Waals surface area contributed by atoms with Gasteiger partial charge in [0.05, 0.1) is 0 Å². The van der Waals surface area contributed by atoms with Gasteiger partial charge in [-0.2, -0.15) is 0 Å². The molecular weight excluding hydrogens is 476 g/mol. The van der Waals surface area contributed by atoms with Crippen LogP contribution in [0.25, 0.3) is 0 Å². The molecule has 0 N–H and O–H groups in total. The van der Waals surface area contributed by atoms with E-state index >= 15 is 0 Å².